The molecule has 0 saturated carbocycles. The van der Waals surface area contributed by atoms with Gasteiger partial charge in [-0.3, -0.25) is 9.59 Å². The predicted octanol–water partition coefficient (Wildman–Crippen LogP) is 1.69. The number of halogens is 1. The number of amides is 2. The SMILES string of the molecule is CN(C)C(=O)CCNC(=O)c1cc(-c2cccc(F)c2)no1. The Balaban J connectivity index is 1.96. The summed E-state index contributed by atoms with van der Waals surface area (Å²) in [6, 6.07) is 7.26. The Morgan fingerprint density at radius 2 is 2.09 bits per heavy atom. The van der Waals surface area contributed by atoms with Crippen LogP contribution in [0.2, 0.25) is 0 Å². The standard InChI is InChI=1S/C15H16FN3O3/c1-19(2)14(20)6-7-17-15(21)13-9-12(18-22-13)10-4-3-5-11(16)8-10/h3-5,8-9H,6-7H2,1-2H3,(H,17,21). The molecule has 2 rings (SSSR count). The second-order valence-corrected chi connectivity index (χ2v) is 4.88. The van der Waals surface area contributed by atoms with Crippen LogP contribution in [0.25, 0.3) is 11.3 Å². The molecule has 0 spiro atoms. The van der Waals surface area contributed by atoms with Gasteiger partial charge in [0, 0.05) is 38.7 Å². The Labute approximate surface area is 126 Å². The molecule has 0 aliphatic heterocycles. The van der Waals surface area contributed by atoms with E-state index in [1.807, 2.05) is 0 Å². The normalized spacial score (nSPS) is 10.3. The predicted molar refractivity (Wildman–Crippen MR) is 77.5 cm³/mol. The molecule has 0 unspecified atom stereocenters. The lowest BCUT2D eigenvalue weighted by molar-refractivity contribution is -0.128. The lowest BCUT2D eigenvalue weighted by Gasteiger charge is -2.09. The molecule has 2 aromatic rings. The Kier molecular flexibility index (Phi) is 4.88. The zero-order valence-electron chi connectivity index (χ0n) is 12.3. The van der Waals surface area contributed by atoms with Crippen molar-refractivity contribution in [1.29, 1.82) is 0 Å². The van der Waals surface area contributed by atoms with Crippen molar-refractivity contribution in [3.8, 4) is 11.3 Å². The smallest absolute Gasteiger partial charge is 0.289 e. The van der Waals surface area contributed by atoms with Crippen molar-refractivity contribution < 1.29 is 18.5 Å². The van der Waals surface area contributed by atoms with Gasteiger partial charge in [0.1, 0.15) is 11.5 Å². The minimum Gasteiger partial charge on any atom is -0.350 e. The van der Waals surface area contributed by atoms with Gasteiger partial charge in [0.2, 0.25) is 11.7 Å². The summed E-state index contributed by atoms with van der Waals surface area (Å²) in [5, 5.41) is 6.31. The summed E-state index contributed by atoms with van der Waals surface area (Å²) < 4.78 is 18.1. The topological polar surface area (TPSA) is 75.4 Å². The van der Waals surface area contributed by atoms with Crippen molar-refractivity contribution in [3.05, 3.63) is 41.9 Å². The monoisotopic (exact) mass is 305 g/mol. The Bertz CT molecular complexity index is 682. The number of hydrogen-bond acceptors (Lipinski definition) is 4. The van der Waals surface area contributed by atoms with Crippen LogP contribution in [0, 0.1) is 5.82 Å². The Morgan fingerprint density at radius 3 is 2.77 bits per heavy atom. The van der Waals surface area contributed by atoms with Gasteiger partial charge < -0.3 is 14.7 Å². The molecule has 0 radical (unpaired) electrons. The second kappa shape index (κ2) is 6.84. The fraction of sp³-hybridized carbons (Fsp3) is 0.267. The van der Waals surface area contributed by atoms with Crippen LogP contribution in [0.3, 0.4) is 0 Å². The first kappa shape index (κ1) is 15.7. The number of rotatable bonds is 5. The van der Waals surface area contributed by atoms with Crippen molar-refractivity contribution in [2.45, 2.75) is 6.42 Å². The van der Waals surface area contributed by atoms with Gasteiger partial charge in [-0.15, -0.1) is 0 Å². The Morgan fingerprint density at radius 1 is 1.32 bits per heavy atom. The first-order chi connectivity index (χ1) is 10.5. The van der Waals surface area contributed by atoms with Crippen LogP contribution in [-0.4, -0.2) is 42.5 Å². The summed E-state index contributed by atoms with van der Waals surface area (Å²) in [6.07, 6.45) is 0.198. The molecule has 116 valence electrons. The zero-order valence-corrected chi connectivity index (χ0v) is 12.3. The molecule has 0 aliphatic carbocycles. The third kappa shape index (κ3) is 3.91. The summed E-state index contributed by atoms with van der Waals surface area (Å²) in [6.45, 7) is 0.200. The number of nitrogens with zero attached hydrogens (tertiary/aromatic N) is 2. The van der Waals surface area contributed by atoms with Crippen LogP contribution < -0.4 is 5.32 Å². The van der Waals surface area contributed by atoms with E-state index in [0.717, 1.165) is 0 Å². The average Bonchev–Trinajstić information content (AvgIpc) is 2.96. The summed E-state index contributed by atoms with van der Waals surface area (Å²) >= 11 is 0. The van der Waals surface area contributed by atoms with E-state index in [1.165, 1.54) is 23.1 Å². The summed E-state index contributed by atoms with van der Waals surface area (Å²) in [5.74, 6) is -0.940. The zero-order chi connectivity index (χ0) is 16.1. The number of carbonyl (C=O) groups is 2. The number of hydrogen-bond donors (Lipinski definition) is 1. The van der Waals surface area contributed by atoms with Crippen LogP contribution in [0.15, 0.2) is 34.9 Å². The molecule has 0 fully saturated rings. The number of aromatic nitrogens is 1. The van der Waals surface area contributed by atoms with Gasteiger partial charge in [0.25, 0.3) is 5.91 Å². The third-order valence-corrected chi connectivity index (χ3v) is 2.98. The van der Waals surface area contributed by atoms with Crippen molar-refractivity contribution in [2.24, 2.45) is 0 Å². The van der Waals surface area contributed by atoms with E-state index in [0.29, 0.717) is 11.3 Å². The third-order valence-electron chi connectivity index (χ3n) is 2.98. The highest BCUT2D eigenvalue weighted by Gasteiger charge is 2.14. The molecule has 1 heterocycles. The first-order valence-electron chi connectivity index (χ1n) is 6.68. The highest BCUT2D eigenvalue weighted by molar-refractivity contribution is 5.92. The Hall–Kier alpha value is -2.70. The van der Waals surface area contributed by atoms with Crippen LogP contribution in [-0.2, 0) is 4.79 Å². The summed E-state index contributed by atoms with van der Waals surface area (Å²) in [5.41, 5.74) is 0.889. The van der Waals surface area contributed by atoms with Gasteiger partial charge in [-0.2, -0.15) is 0 Å². The highest BCUT2D eigenvalue weighted by Crippen LogP contribution is 2.19. The molecular formula is C15H16FN3O3. The van der Waals surface area contributed by atoms with E-state index < -0.39 is 11.7 Å². The van der Waals surface area contributed by atoms with Gasteiger partial charge in [0.05, 0.1) is 0 Å². The van der Waals surface area contributed by atoms with Crippen LogP contribution in [0.5, 0.6) is 0 Å². The van der Waals surface area contributed by atoms with Crippen molar-refractivity contribution >= 4 is 11.8 Å². The van der Waals surface area contributed by atoms with E-state index in [1.54, 1.807) is 26.2 Å². The number of nitrogens with one attached hydrogen (secondary N) is 1. The molecule has 1 N–H and O–H groups in total. The summed E-state index contributed by atoms with van der Waals surface area (Å²) in [7, 11) is 3.29. The molecule has 1 aromatic heterocycles. The van der Waals surface area contributed by atoms with Crippen LogP contribution in [0.1, 0.15) is 17.0 Å². The minimum absolute atomic E-state index is 0.0107. The van der Waals surface area contributed by atoms with E-state index in [2.05, 4.69) is 10.5 Å². The highest BCUT2D eigenvalue weighted by atomic mass is 19.1. The fourth-order valence-electron chi connectivity index (χ4n) is 1.76. The number of benzene rings is 1. The fourth-order valence-corrected chi connectivity index (χ4v) is 1.76. The van der Waals surface area contributed by atoms with E-state index >= 15 is 0 Å². The maximum atomic E-state index is 13.2. The molecular weight excluding hydrogens is 289 g/mol. The van der Waals surface area contributed by atoms with Crippen molar-refractivity contribution in [1.82, 2.24) is 15.4 Å². The molecule has 0 aliphatic rings. The molecule has 6 nitrogen and oxygen atoms in total. The second-order valence-electron chi connectivity index (χ2n) is 4.88. The largest absolute Gasteiger partial charge is 0.350 e. The van der Waals surface area contributed by atoms with Gasteiger partial charge in [-0.25, -0.2) is 4.39 Å². The van der Waals surface area contributed by atoms with Gasteiger partial charge in [0.15, 0.2) is 0 Å². The van der Waals surface area contributed by atoms with Crippen LogP contribution in [0.4, 0.5) is 4.39 Å². The molecule has 0 saturated heterocycles. The van der Waals surface area contributed by atoms with Crippen molar-refractivity contribution in [2.75, 3.05) is 20.6 Å². The van der Waals surface area contributed by atoms with Gasteiger partial charge in [-0.1, -0.05) is 17.3 Å². The molecule has 0 bridgehead atoms. The van der Waals surface area contributed by atoms with Crippen LogP contribution >= 0.6 is 0 Å². The van der Waals surface area contributed by atoms with E-state index in [-0.39, 0.29) is 24.6 Å². The molecule has 0 atom stereocenters. The maximum absolute atomic E-state index is 13.2. The molecule has 1 aromatic carbocycles. The quantitative estimate of drug-likeness (QED) is 0.912. The molecule has 22 heavy (non-hydrogen) atoms. The molecule has 7 heteroatoms. The molecule has 2 amide bonds. The average molecular weight is 305 g/mol. The van der Waals surface area contributed by atoms with Crippen molar-refractivity contribution in [3.63, 3.8) is 0 Å². The summed E-state index contributed by atoms with van der Waals surface area (Å²) in [4.78, 5) is 24.7. The number of carbonyl (C=O) groups excluding carboxylic acids is 2. The van der Waals surface area contributed by atoms with E-state index in [4.69, 9.17) is 4.52 Å². The minimum atomic E-state index is -0.471. The van der Waals surface area contributed by atoms with Gasteiger partial charge >= 0.3 is 0 Å². The maximum Gasteiger partial charge on any atom is 0.289 e. The lowest BCUT2D eigenvalue weighted by Crippen LogP contribution is -2.29. The van der Waals surface area contributed by atoms with Gasteiger partial charge in [-0.05, 0) is 12.1 Å². The first-order valence-corrected chi connectivity index (χ1v) is 6.68. The lowest BCUT2D eigenvalue weighted by atomic mass is 10.1. The van der Waals surface area contributed by atoms with E-state index in [9.17, 15) is 14.0 Å².